The minimum Gasteiger partial charge on any atom is -0.441 e. The van der Waals surface area contributed by atoms with Crippen LogP contribution in [0.25, 0.3) is 21.9 Å². The molecule has 0 saturated heterocycles. The van der Waals surface area contributed by atoms with Crippen LogP contribution in [0.5, 0.6) is 0 Å². The van der Waals surface area contributed by atoms with Gasteiger partial charge in [-0.3, -0.25) is 0 Å². The Hall–Kier alpha value is -2.26. The van der Waals surface area contributed by atoms with Gasteiger partial charge < -0.3 is 4.42 Å². The zero-order valence-electron chi connectivity index (χ0n) is 9.71. The molecule has 1 aromatic heterocycles. The average Bonchev–Trinajstić information content (AvgIpc) is 2.71. The molecular weight excluding hydrogens is 216 g/mol. The lowest BCUT2D eigenvalue weighted by Crippen LogP contribution is -1.82. The molecule has 0 aliphatic heterocycles. The molecule has 2 aromatic rings. The Morgan fingerprint density at radius 3 is 2.94 bits per heavy atom. The molecule has 1 aromatic carbocycles. The van der Waals surface area contributed by atoms with Crippen LogP contribution >= 0.6 is 0 Å². The molecule has 0 fully saturated rings. The maximum Gasteiger partial charge on any atom is 0.226 e. The van der Waals surface area contributed by atoms with Gasteiger partial charge in [0.25, 0.3) is 0 Å². The first-order valence-electron chi connectivity index (χ1n) is 5.36. The molecule has 86 valence electrons. The van der Waals surface area contributed by atoms with Gasteiger partial charge in [0, 0.05) is 16.2 Å². The number of azide groups is 1. The summed E-state index contributed by atoms with van der Waals surface area (Å²) in [6, 6.07) is 7.18. The van der Waals surface area contributed by atoms with Crippen LogP contribution in [-0.4, -0.2) is 4.98 Å². The third-order valence-electron chi connectivity index (χ3n) is 2.48. The summed E-state index contributed by atoms with van der Waals surface area (Å²) in [5.41, 5.74) is 10.7. The highest BCUT2D eigenvalue weighted by Crippen LogP contribution is 2.25. The van der Waals surface area contributed by atoms with Crippen LogP contribution in [0.3, 0.4) is 0 Å². The number of aryl methyl sites for hydroxylation is 2. The Bertz CT molecular complexity index is 582. The van der Waals surface area contributed by atoms with Gasteiger partial charge in [0.15, 0.2) is 0 Å². The van der Waals surface area contributed by atoms with Crippen LogP contribution in [0.4, 0.5) is 5.69 Å². The summed E-state index contributed by atoms with van der Waals surface area (Å²) in [5, 5.41) is 3.55. The molecule has 0 unspecified atom stereocenters. The maximum absolute atomic E-state index is 8.39. The summed E-state index contributed by atoms with van der Waals surface area (Å²) >= 11 is 0. The normalized spacial score (nSPS) is 10.0. The molecular formula is C12H12N4O. The van der Waals surface area contributed by atoms with E-state index in [1.165, 1.54) is 0 Å². The second kappa shape index (κ2) is 4.72. The molecule has 5 nitrogen and oxygen atoms in total. The molecule has 1 heterocycles. The number of hydrogen-bond acceptors (Lipinski definition) is 3. The zero-order valence-corrected chi connectivity index (χ0v) is 9.71. The van der Waals surface area contributed by atoms with Crippen molar-refractivity contribution >= 4 is 5.69 Å². The molecule has 17 heavy (non-hydrogen) atoms. The van der Waals surface area contributed by atoms with Crippen LogP contribution in [0, 0.1) is 6.92 Å². The second-order valence-electron chi connectivity index (χ2n) is 3.62. The molecule has 0 saturated carbocycles. The second-order valence-corrected chi connectivity index (χ2v) is 3.62. The first-order chi connectivity index (χ1) is 8.24. The van der Waals surface area contributed by atoms with E-state index in [0.717, 1.165) is 23.4 Å². The highest BCUT2D eigenvalue weighted by molar-refractivity contribution is 5.59. The van der Waals surface area contributed by atoms with E-state index in [1.807, 2.05) is 26.0 Å². The van der Waals surface area contributed by atoms with Crippen LogP contribution in [0.1, 0.15) is 18.4 Å². The summed E-state index contributed by atoms with van der Waals surface area (Å²) in [6.45, 7) is 3.93. The molecule has 0 amide bonds. The Labute approximate surface area is 98.7 Å². The van der Waals surface area contributed by atoms with Gasteiger partial charge in [-0.2, -0.15) is 0 Å². The summed E-state index contributed by atoms with van der Waals surface area (Å²) in [7, 11) is 0. The fraction of sp³-hybridized carbons (Fsp3) is 0.250. The Morgan fingerprint density at radius 1 is 1.47 bits per heavy atom. The van der Waals surface area contributed by atoms with Crippen LogP contribution in [0.15, 0.2) is 33.8 Å². The lowest BCUT2D eigenvalue weighted by molar-refractivity contribution is 0.539. The zero-order chi connectivity index (χ0) is 12.3. The monoisotopic (exact) mass is 228 g/mol. The van der Waals surface area contributed by atoms with Gasteiger partial charge in [-0.05, 0) is 31.0 Å². The lowest BCUT2D eigenvalue weighted by Gasteiger charge is -1.96. The van der Waals surface area contributed by atoms with Gasteiger partial charge in [-0.25, -0.2) is 4.98 Å². The summed E-state index contributed by atoms with van der Waals surface area (Å²) in [6.07, 6.45) is 0.839. The Balaban J connectivity index is 2.44. The summed E-state index contributed by atoms with van der Waals surface area (Å²) in [5.74, 6) is 1.39. The fourth-order valence-corrected chi connectivity index (χ4v) is 1.63. The van der Waals surface area contributed by atoms with Crippen molar-refractivity contribution in [1.82, 2.24) is 4.98 Å². The summed E-state index contributed by atoms with van der Waals surface area (Å²) in [4.78, 5) is 7.15. The number of rotatable bonds is 3. The highest BCUT2D eigenvalue weighted by atomic mass is 16.4. The fourth-order valence-electron chi connectivity index (χ4n) is 1.63. The quantitative estimate of drug-likeness (QED) is 0.449. The van der Waals surface area contributed by atoms with Gasteiger partial charge in [0.1, 0.15) is 5.76 Å². The van der Waals surface area contributed by atoms with Crippen molar-refractivity contribution in [2.24, 2.45) is 5.11 Å². The Kier molecular flexibility index (Phi) is 3.12. The van der Waals surface area contributed by atoms with Crippen molar-refractivity contribution < 1.29 is 4.42 Å². The van der Waals surface area contributed by atoms with Crippen molar-refractivity contribution in [2.75, 3.05) is 0 Å². The van der Waals surface area contributed by atoms with E-state index in [-0.39, 0.29) is 0 Å². The van der Waals surface area contributed by atoms with Gasteiger partial charge in [0.05, 0.1) is 5.69 Å². The van der Waals surface area contributed by atoms with E-state index in [0.29, 0.717) is 11.6 Å². The topological polar surface area (TPSA) is 74.8 Å². The van der Waals surface area contributed by atoms with E-state index in [4.69, 9.17) is 9.95 Å². The number of hydrogen-bond donors (Lipinski definition) is 0. The van der Waals surface area contributed by atoms with Crippen molar-refractivity contribution in [1.29, 1.82) is 0 Å². The summed E-state index contributed by atoms with van der Waals surface area (Å²) < 4.78 is 5.58. The molecule has 0 spiro atoms. The van der Waals surface area contributed by atoms with Crippen molar-refractivity contribution in [3.8, 4) is 11.5 Å². The van der Waals surface area contributed by atoms with E-state index < -0.39 is 0 Å². The molecule has 5 heteroatoms. The number of benzene rings is 1. The molecule has 0 aliphatic carbocycles. The van der Waals surface area contributed by atoms with Crippen molar-refractivity contribution in [3.63, 3.8) is 0 Å². The third-order valence-corrected chi connectivity index (χ3v) is 2.48. The first-order valence-corrected chi connectivity index (χ1v) is 5.36. The van der Waals surface area contributed by atoms with Crippen LogP contribution in [0.2, 0.25) is 0 Å². The van der Waals surface area contributed by atoms with E-state index in [9.17, 15) is 0 Å². The number of oxazole rings is 1. The van der Waals surface area contributed by atoms with E-state index >= 15 is 0 Å². The minimum atomic E-state index is 0.555. The predicted molar refractivity (Wildman–Crippen MR) is 64.9 cm³/mol. The molecule has 0 aliphatic rings. The molecule has 0 bridgehead atoms. The van der Waals surface area contributed by atoms with Crippen LogP contribution in [-0.2, 0) is 6.42 Å². The van der Waals surface area contributed by atoms with E-state index in [2.05, 4.69) is 15.0 Å². The standard InChI is InChI=1S/C12H12N4O/c1-3-11-8(2)17-12(14-11)9-5-4-6-10(7-9)15-16-13/h4-7H,3H2,1-2H3. The molecule has 0 radical (unpaired) electrons. The SMILES string of the molecule is CCc1nc(-c2cccc(N=[N+]=[N-])c2)oc1C. The largest absolute Gasteiger partial charge is 0.441 e. The maximum atomic E-state index is 8.39. The Morgan fingerprint density at radius 2 is 2.29 bits per heavy atom. The minimum absolute atomic E-state index is 0.555. The average molecular weight is 228 g/mol. The number of nitrogens with zero attached hydrogens (tertiary/aromatic N) is 4. The molecule has 0 atom stereocenters. The highest BCUT2D eigenvalue weighted by Gasteiger charge is 2.09. The lowest BCUT2D eigenvalue weighted by atomic mass is 10.2. The van der Waals surface area contributed by atoms with Gasteiger partial charge in [0.2, 0.25) is 5.89 Å². The number of aromatic nitrogens is 1. The smallest absolute Gasteiger partial charge is 0.226 e. The van der Waals surface area contributed by atoms with Gasteiger partial charge in [-0.1, -0.05) is 24.2 Å². The van der Waals surface area contributed by atoms with Crippen molar-refractivity contribution in [3.05, 3.63) is 46.2 Å². The van der Waals surface area contributed by atoms with Gasteiger partial charge in [-0.15, -0.1) is 0 Å². The van der Waals surface area contributed by atoms with Gasteiger partial charge >= 0.3 is 0 Å². The van der Waals surface area contributed by atoms with Crippen LogP contribution < -0.4 is 0 Å². The first kappa shape index (κ1) is 11.2. The van der Waals surface area contributed by atoms with E-state index in [1.54, 1.807) is 12.1 Å². The molecule has 2 rings (SSSR count). The van der Waals surface area contributed by atoms with Crippen molar-refractivity contribution in [2.45, 2.75) is 20.3 Å². The predicted octanol–water partition coefficient (Wildman–Crippen LogP) is 4.15. The molecule has 0 N–H and O–H groups in total. The third kappa shape index (κ3) is 2.29.